The van der Waals surface area contributed by atoms with Gasteiger partial charge in [-0.1, -0.05) is 48.5 Å². The number of anilines is 1. The van der Waals surface area contributed by atoms with E-state index in [0.29, 0.717) is 28.1 Å². The Labute approximate surface area is 195 Å². The number of ketones is 1. The molecule has 0 radical (unpaired) electrons. The lowest BCUT2D eigenvalue weighted by Gasteiger charge is -2.11. The third-order valence-electron chi connectivity index (χ3n) is 5.32. The molecule has 1 N–H and O–H groups in total. The van der Waals surface area contributed by atoms with Crippen molar-refractivity contribution >= 4 is 34.3 Å². The lowest BCUT2D eigenvalue weighted by molar-refractivity contribution is -0.119. The predicted octanol–water partition coefficient (Wildman–Crippen LogP) is 4.77. The van der Waals surface area contributed by atoms with Crippen LogP contribution < -0.4 is 10.7 Å². The lowest BCUT2D eigenvalue weighted by Crippen LogP contribution is -2.22. The number of nitrogens with one attached hydrogen (secondary N) is 1. The molecule has 4 rings (SSSR count). The van der Waals surface area contributed by atoms with Gasteiger partial charge in [0.2, 0.25) is 0 Å². The van der Waals surface area contributed by atoms with Crippen LogP contribution in [0, 0.1) is 6.92 Å². The fraction of sp³-hybridized carbons (Fsp3) is 0.111. The Hall–Kier alpha value is -4.52. The van der Waals surface area contributed by atoms with Gasteiger partial charge in [-0.05, 0) is 38.1 Å². The van der Waals surface area contributed by atoms with E-state index in [0.717, 1.165) is 0 Å². The second-order valence-electron chi connectivity index (χ2n) is 7.66. The van der Waals surface area contributed by atoms with Crippen LogP contribution in [0.2, 0.25) is 0 Å². The fourth-order valence-corrected chi connectivity index (χ4v) is 3.63. The molecule has 0 bridgehead atoms. The van der Waals surface area contributed by atoms with E-state index >= 15 is 0 Å². The van der Waals surface area contributed by atoms with E-state index in [4.69, 9.17) is 9.15 Å². The van der Waals surface area contributed by atoms with Crippen LogP contribution in [0.5, 0.6) is 0 Å². The van der Waals surface area contributed by atoms with Gasteiger partial charge in [0.25, 0.3) is 5.91 Å². The van der Waals surface area contributed by atoms with E-state index in [1.807, 2.05) is 18.2 Å². The molecule has 0 atom stereocenters. The van der Waals surface area contributed by atoms with Crippen molar-refractivity contribution in [2.75, 3.05) is 11.9 Å². The number of rotatable bonds is 6. The molecule has 7 nitrogen and oxygen atoms in total. The van der Waals surface area contributed by atoms with Gasteiger partial charge in [-0.2, -0.15) is 0 Å². The molecule has 7 heteroatoms. The van der Waals surface area contributed by atoms with Gasteiger partial charge in [0.15, 0.2) is 23.4 Å². The van der Waals surface area contributed by atoms with Crippen LogP contribution in [0.25, 0.3) is 22.3 Å². The number of carbonyl (C=O) groups excluding carboxylic acids is 3. The van der Waals surface area contributed by atoms with Crippen LogP contribution in [0.3, 0.4) is 0 Å². The Morgan fingerprint density at radius 3 is 2.29 bits per heavy atom. The number of fused-ring (bicyclic) bond motifs is 1. The molecule has 0 aliphatic carbocycles. The first-order valence-electron chi connectivity index (χ1n) is 10.6. The van der Waals surface area contributed by atoms with Crippen molar-refractivity contribution in [3.05, 3.63) is 99.7 Å². The van der Waals surface area contributed by atoms with Gasteiger partial charge < -0.3 is 14.5 Å². The summed E-state index contributed by atoms with van der Waals surface area (Å²) in [6.07, 6.45) is 0. The maximum absolute atomic E-state index is 12.9. The van der Waals surface area contributed by atoms with Crippen LogP contribution in [0.15, 0.2) is 82.0 Å². The fourth-order valence-electron chi connectivity index (χ4n) is 3.63. The molecule has 0 aliphatic heterocycles. The molecule has 0 aliphatic rings. The van der Waals surface area contributed by atoms with Gasteiger partial charge in [-0.25, -0.2) is 4.79 Å². The highest BCUT2D eigenvalue weighted by atomic mass is 16.5. The summed E-state index contributed by atoms with van der Waals surface area (Å²) in [4.78, 5) is 49.8. The van der Waals surface area contributed by atoms with E-state index < -0.39 is 18.5 Å². The van der Waals surface area contributed by atoms with Gasteiger partial charge >= 0.3 is 5.97 Å². The highest BCUT2D eigenvalue weighted by Gasteiger charge is 2.20. The van der Waals surface area contributed by atoms with Gasteiger partial charge in [0, 0.05) is 16.7 Å². The van der Waals surface area contributed by atoms with Crippen LogP contribution in [0.4, 0.5) is 5.69 Å². The maximum atomic E-state index is 12.9. The summed E-state index contributed by atoms with van der Waals surface area (Å²) in [7, 11) is 0. The molecule has 3 aromatic carbocycles. The van der Waals surface area contributed by atoms with E-state index in [9.17, 15) is 19.2 Å². The standard InChI is InChI=1S/C27H21NO6/c1-16-24(31)20-12-8-13-21(26(20)34-25(16)18-9-4-3-5-10-18)27(32)33-15-23(30)28-22-14-7-6-11-19(22)17(2)29/h3-14H,15H2,1-2H3,(H,28,30). The second kappa shape index (κ2) is 9.54. The van der Waals surface area contributed by atoms with E-state index in [1.54, 1.807) is 55.5 Å². The predicted molar refractivity (Wildman–Crippen MR) is 128 cm³/mol. The minimum atomic E-state index is -0.813. The molecule has 0 saturated heterocycles. The van der Waals surface area contributed by atoms with Crippen molar-refractivity contribution in [1.29, 1.82) is 0 Å². The number of para-hydroxylation sites is 2. The average molecular weight is 455 g/mol. The summed E-state index contributed by atoms with van der Waals surface area (Å²) >= 11 is 0. The molecule has 170 valence electrons. The smallest absolute Gasteiger partial charge is 0.342 e. The van der Waals surface area contributed by atoms with Crippen LogP contribution >= 0.6 is 0 Å². The number of hydrogen-bond donors (Lipinski definition) is 1. The van der Waals surface area contributed by atoms with Crippen molar-refractivity contribution in [2.24, 2.45) is 0 Å². The number of ether oxygens (including phenoxy) is 1. The quantitative estimate of drug-likeness (QED) is 0.332. The number of hydrogen-bond acceptors (Lipinski definition) is 6. The Kier molecular flexibility index (Phi) is 6.36. The monoisotopic (exact) mass is 455 g/mol. The number of amides is 1. The molecular weight excluding hydrogens is 434 g/mol. The third-order valence-corrected chi connectivity index (χ3v) is 5.32. The molecule has 1 heterocycles. The zero-order valence-electron chi connectivity index (χ0n) is 18.6. The van der Waals surface area contributed by atoms with Crippen LogP contribution in [-0.4, -0.2) is 24.3 Å². The lowest BCUT2D eigenvalue weighted by atomic mass is 10.0. The van der Waals surface area contributed by atoms with E-state index in [1.165, 1.54) is 13.0 Å². The Bertz CT molecular complexity index is 1470. The first-order valence-corrected chi connectivity index (χ1v) is 10.6. The number of Topliss-reactive ketones (excluding diaryl/α,β-unsaturated/α-hetero) is 1. The van der Waals surface area contributed by atoms with Gasteiger partial charge in [0.1, 0.15) is 11.3 Å². The number of carbonyl (C=O) groups is 3. The molecule has 34 heavy (non-hydrogen) atoms. The molecule has 1 amide bonds. The van der Waals surface area contributed by atoms with Gasteiger partial charge in [0.05, 0.1) is 11.1 Å². The molecular formula is C27H21NO6. The summed E-state index contributed by atoms with van der Waals surface area (Å²) in [5, 5.41) is 2.81. The number of esters is 1. The average Bonchev–Trinajstić information content (AvgIpc) is 2.85. The van der Waals surface area contributed by atoms with Crippen LogP contribution in [-0.2, 0) is 9.53 Å². The highest BCUT2D eigenvalue weighted by molar-refractivity contribution is 6.05. The summed E-state index contributed by atoms with van der Waals surface area (Å²) in [6, 6.07) is 20.3. The second-order valence-corrected chi connectivity index (χ2v) is 7.66. The first kappa shape index (κ1) is 22.7. The maximum Gasteiger partial charge on any atom is 0.342 e. The highest BCUT2D eigenvalue weighted by Crippen LogP contribution is 2.27. The zero-order chi connectivity index (χ0) is 24.2. The van der Waals surface area contributed by atoms with Gasteiger partial charge in [-0.15, -0.1) is 0 Å². The SMILES string of the molecule is CC(=O)c1ccccc1NC(=O)COC(=O)c1cccc2c(=O)c(C)c(-c3ccccc3)oc12. The molecule has 0 saturated carbocycles. The summed E-state index contributed by atoms with van der Waals surface area (Å²) in [5.74, 6) is -1.27. The third kappa shape index (κ3) is 4.49. The molecule has 1 aromatic heterocycles. The van der Waals surface area contributed by atoms with Crippen molar-refractivity contribution in [2.45, 2.75) is 13.8 Å². The van der Waals surface area contributed by atoms with Crippen molar-refractivity contribution in [3.63, 3.8) is 0 Å². The minimum Gasteiger partial charge on any atom is -0.455 e. The molecule has 4 aromatic rings. The molecule has 0 fully saturated rings. The summed E-state index contributed by atoms with van der Waals surface area (Å²) < 4.78 is 11.2. The minimum absolute atomic E-state index is 0.0312. The molecule has 0 unspecified atom stereocenters. The normalized spacial score (nSPS) is 10.6. The summed E-state index contributed by atoms with van der Waals surface area (Å²) in [6.45, 7) is 2.48. The molecule has 0 spiro atoms. The van der Waals surface area contributed by atoms with Crippen molar-refractivity contribution in [3.8, 4) is 11.3 Å². The Morgan fingerprint density at radius 2 is 1.56 bits per heavy atom. The summed E-state index contributed by atoms with van der Waals surface area (Å²) in [5.41, 5.74) is 1.66. The largest absolute Gasteiger partial charge is 0.455 e. The first-order chi connectivity index (χ1) is 16.4. The Balaban J connectivity index is 1.60. The van der Waals surface area contributed by atoms with E-state index in [2.05, 4.69) is 5.32 Å². The Morgan fingerprint density at radius 1 is 0.882 bits per heavy atom. The zero-order valence-corrected chi connectivity index (χ0v) is 18.6. The van der Waals surface area contributed by atoms with Crippen molar-refractivity contribution < 1.29 is 23.5 Å². The van der Waals surface area contributed by atoms with E-state index in [-0.39, 0.29) is 27.7 Å². The number of benzene rings is 3. The van der Waals surface area contributed by atoms with Gasteiger partial charge in [-0.3, -0.25) is 14.4 Å². The topological polar surface area (TPSA) is 103 Å². The van der Waals surface area contributed by atoms with Crippen LogP contribution in [0.1, 0.15) is 33.2 Å². The van der Waals surface area contributed by atoms with Crippen molar-refractivity contribution in [1.82, 2.24) is 0 Å².